The summed E-state index contributed by atoms with van der Waals surface area (Å²) in [6, 6.07) is 11.0. The van der Waals surface area contributed by atoms with Crippen LogP contribution in [0, 0.1) is 0 Å². The molecule has 1 amide bonds. The topological polar surface area (TPSA) is 82.3 Å². The van der Waals surface area contributed by atoms with Crippen LogP contribution in [-0.4, -0.2) is 102 Å². The summed E-state index contributed by atoms with van der Waals surface area (Å²) in [6.45, 7) is 5.65. The van der Waals surface area contributed by atoms with E-state index < -0.39 is 12.0 Å². The molecule has 5 rings (SSSR count). The van der Waals surface area contributed by atoms with Gasteiger partial charge in [-0.3, -0.25) is 9.69 Å². The molecule has 13 heteroatoms. The third-order valence-electron chi connectivity index (χ3n) is 6.45. The van der Waals surface area contributed by atoms with Crippen LogP contribution < -0.4 is 14.5 Å². The van der Waals surface area contributed by atoms with Crippen LogP contribution in [0.4, 0.5) is 24.7 Å². The smallest absolute Gasteiger partial charge is 0.453 e. The Labute approximate surface area is 205 Å². The first kappa shape index (κ1) is 24.1. The molecule has 192 valence electrons. The van der Waals surface area contributed by atoms with Crippen LogP contribution in [0.15, 0.2) is 36.4 Å². The van der Waals surface area contributed by atoms with Gasteiger partial charge in [0.25, 0.3) is 5.82 Å². The van der Waals surface area contributed by atoms with Crippen LogP contribution >= 0.6 is 0 Å². The second-order valence-electron chi connectivity index (χ2n) is 8.92. The van der Waals surface area contributed by atoms with Gasteiger partial charge in [-0.2, -0.15) is 17.7 Å². The number of fused-ring (bicyclic) bond motifs is 1. The Balaban J connectivity index is 1.14. The van der Waals surface area contributed by atoms with Gasteiger partial charge >= 0.3 is 6.18 Å². The molecule has 0 spiro atoms. The number of halogens is 3. The normalized spacial score (nSPS) is 17.8. The largest absolute Gasteiger partial charge is 0.492 e. The van der Waals surface area contributed by atoms with Gasteiger partial charge in [-0.15, -0.1) is 15.3 Å². The number of amides is 1. The van der Waals surface area contributed by atoms with E-state index in [-0.39, 0.29) is 11.6 Å². The molecule has 2 fully saturated rings. The second-order valence-corrected chi connectivity index (χ2v) is 8.92. The van der Waals surface area contributed by atoms with E-state index >= 15 is 0 Å². The molecular formula is C23H27F3N8O2. The predicted octanol–water partition coefficient (Wildman–Crippen LogP) is 1.62. The van der Waals surface area contributed by atoms with Crippen molar-refractivity contribution in [1.29, 1.82) is 0 Å². The zero-order valence-corrected chi connectivity index (χ0v) is 19.9. The van der Waals surface area contributed by atoms with E-state index in [1.807, 2.05) is 46.0 Å². The van der Waals surface area contributed by atoms with Crippen molar-refractivity contribution >= 4 is 23.1 Å². The third kappa shape index (κ3) is 5.15. The lowest BCUT2D eigenvalue weighted by molar-refractivity contribution is -0.146. The Morgan fingerprint density at radius 3 is 2.33 bits per heavy atom. The van der Waals surface area contributed by atoms with Crippen LogP contribution in [0.25, 0.3) is 5.65 Å². The van der Waals surface area contributed by atoms with E-state index in [1.165, 1.54) is 6.07 Å². The first-order valence-corrected chi connectivity index (χ1v) is 11.8. The van der Waals surface area contributed by atoms with Crippen molar-refractivity contribution in [2.45, 2.75) is 6.18 Å². The average Bonchev–Trinajstić information content (AvgIpc) is 3.30. The highest BCUT2D eigenvalue weighted by Gasteiger charge is 2.38. The third-order valence-corrected chi connectivity index (χ3v) is 6.45. The lowest BCUT2D eigenvalue weighted by atomic mass is 10.2. The maximum absolute atomic E-state index is 13.2. The summed E-state index contributed by atoms with van der Waals surface area (Å²) in [4.78, 5) is 20.0. The molecule has 0 bridgehead atoms. The van der Waals surface area contributed by atoms with Crippen molar-refractivity contribution in [2.75, 3.05) is 75.8 Å². The Morgan fingerprint density at radius 1 is 0.917 bits per heavy atom. The number of ether oxygens (including phenoxy) is 1. The zero-order chi connectivity index (χ0) is 25.3. The Kier molecular flexibility index (Phi) is 6.56. The fraction of sp³-hybridized carbons (Fsp3) is 0.478. The molecule has 10 nitrogen and oxygen atoms in total. The van der Waals surface area contributed by atoms with Crippen molar-refractivity contribution in [3.05, 3.63) is 42.2 Å². The van der Waals surface area contributed by atoms with E-state index in [9.17, 15) is 18.0 Å². The maximum Gasteiger partial charge on any atom is 0.453 e. The number of hydrogen-bond donors (Lipinski definition) is 0. The van der Waals surface area contributed by atoms with Gasteiger partial charge in [0.2, 0.25) is 5.91 Å². The molecule has 0 atom stereocenters. The van der Waals surface area contributed by atoms with Crippen LogP contribution in [0.5, 0.6) is 5.75 Å². The Bertz CT molecular complexity index is 1210. The summed E-state index contributed by atoms with van der Waals surface area (Å²) in [5.41, 5.74) is 1.10. The molecule has 3 aromatic rings. The number of likely N-dealkylation sites (N-methyl/N-ethyl adjacent to an activating group) is 1. The molecule has 2 saturated heterocycles. The van der Waals surface area contributed by atoms with Gasteiger partial charge in [-0.1, -0.05) is 0 Å². The standard InChI is InChI=1S/C23H27F3N8O2/c1-30-8-9-33(21(35)16-30)14-15-36-18-4-2-17(3-5-18)31-10-12-32(13-11-31)20-7-6-19-27-28-22(23(24,25)26)34(19)29-20/h2-7H,8-16H2,1H3. The highest BCUT2D eigenvalue weighted by atomic mass is 19.4. The maximum atomic E-state index is 13.2. The number of piperazine rings is 2. The highest BCUT2D eigenvalue weighted by molar-refractivity contribution is 5.79. The number of anilines is 2. The number of benzene rings is 1. The summed E-state index contributed by atoms with van der Waals surface area (Å²) in [7, 11) is 1.94. The summed E-state index contributed by atoms with van der Waals surface area (Å²) in [5, 5.41) is 10.9. The molecule has 1 aromatic carbocycles. The van der Waals surface area contributed by atoms with Crippen molar-refractivity contribution in [2.24, 2.45) is 0 Å². The Morgan fingerprint density at radius 2 is 1.64 bits per heavy atom. The molecule has 0 unspecified atom stereocenters. The number of aromatic nitrogens is 4. The minimum Gasteiger partial charge on any atom is -0.492 e. The molecule has 0 saturated carbocycles. The summed E-state index contributed by atoms with van der Waals surface area (Å²) >= 11 is 0. The summed E-state index contributed by atoms with van der Waals surface area (Å²) in [6.07, 6.45) is -4.62. The van der Waals surface area contributed by atoms with Crippen LogP contribution in [-0.2, 0) is 11.0 Å². The number of rotatable bonds is 6. The van der Waals surface area contributed by atoms with Gasteiger partial charge in [-0.25, -0.2) is 0 Å². The first-order chi connectivity index (χ1) is 17.3. The van der Waals surface area contributed by atoms with E-state index in [0.717, 1.165) is 29.0 Å². The van der Waals surface area contributed by atoms with E-state index in [0.29, 0.717) is 51.7 Å². The molecule has 36 heavy (non-hydrogen) atoms. The number of carbonyl (C=O) groups is 1. The monoisotopic (exact) mass is 504 g/mol. The van der Waals surface area contributed by atoms with Gasteiger partial charge < -0.3 is 19.4 Å². The fourth-order valence-electron chi connectivity index (χ4n) is 4.41. The average molecular weight is 505 g/mol. The van der Waals surface area contributed by atoms with E-state index in [4.69, 9.17) is 4.74 Å². The minimum atomic E-state index is -4.62. The van der Waals surface area contributed by atoms with Crippen molar-refractivity contribution in [3.63, 3.8) is 0 Å². The van der Waals surface area contributed by atoms with Gasteiger partial charge in [0, 0.05) is 45.0 Å². The SMILES string of the molecule is CN1CCN(CCOc2ccc(N3CCN(c4ccc5nnc(C(F)(F)F)n5n4)CC3)cc2)C(=O)C1. The predicted molar refractivity (Wildman–Crippen MR) is 126 cm³/mol. The molecule has 0 radical (unpaired) electrons. The molecule has 0 N–H and O–H groups in total. The molecule has 2 aliphatic rings. The number of nitrogens with zero attached hydrogens (tertiary/aromatic N) is 8. The van der Waals surface area contributed by atoms with Crippen LogP contribution in [0.2, 0.25) is 0 Å². The van der Waals surface area contributed by atoms with Gasteiger partial charge in [0.1, 0.15) is 18.2 Å². The highest BCUT2D eigenvalue weighted by Crippen LogP contribution is 2.28. The van der Waals surface area contributed by atoms with Gasteiger partial charge in [0.15, 0.2) is 5.65 Å². The number of hydrogen-bond acceptors (Lipinski definition) is 8. The number of alkyl halides is 3. The molecule has 0 aliphatic carbocycles. The quantitative estimate of drug-likeness (QED) is 0.501. The van der Waals surface area contributed by atoms with Gasteiger partial charge in [-0.05, 0) is 43.4 Å². The minimum absolute atomic E-state index is 0.0575. The number of carbonyl (C=O) groups excluding carboxylic acids is 1. The van der Waals surface area contributed by atoms with E-state index in [2.05, 4.69) is 20.2 Å². The molecule has 2 aliphatic heterocycles. The van der Waals surface area contributed by atoms with Gasteiger partial charge in [0.05, 0.1) is 13.1 Å². The van der Waals surface area contributed by atoms with Crippen LogP contribution in [0.3, 0.4) is 0 Å². The lowest BCUT2D eigenvalue weighted by Crippen LogP contribution is -2.49. The van der Waals surface area contributed by atoms with Crippen LogP contribution in [0.1, 0.15) is 5.82 Å². The van der Waals surface area contributed by atoms with E-state index in [1.54, 1.807) is 6.07 Å². The first-order valence-electron chi connectivity index (χ1n) is 11.8. The summed E-state index contributed by atoms with van der Waals surface area (Å²) < 4.78 is 46.1. The second kappa shape index (κ2) is 9.80. The fourth-order valence-corrected chi connectivity index (χ4v) is 4.41. The molecule has 2 aromatic heterocycles. The lowest BCUT2D eigenvalue weighted by Gasteiger charge is -2.36. The van der Waals surface area contributed by atoms with Crippen molar-refractivity contribution < 1.29 is 22.7 Å². The summed E-state index contributed by atoms with van der Waals surface area (Å²) in [5.74, 6) is 0.191. The molecular weight excluding hydrogens is 477 g/mol. The Hall–Kier alpha value is -3.61. The van der Waals surface area contributed by atoms with Crippen molar-refractivity contribution in [3.8, 4) is 5.75 Å². The van der Waals surface area contributed by atoms with Crippen molar-refractivity contribution in [1.82, 2.24) is 29.6 Å². The molecule has 4 heterocycles. The zero-order valence-electron chi connectivity index (χ0n) is 19.9.